The van der Waals surface area contributed by atoms with Crippen LogP contribution in [-0.2, 0) is 18.6 Å². The second-order valence-corrected chi connectivity index (χ2v) is 5.54. The fourth-order valence-corrected chi connectivity index (χ4v) is 2.17. The third-order valence-corrected chi connectivity index (χ3v) is 2.94. The average Bonchev–Trinajstić information content (AvgIpc) is 2.75. The fourth-order valence-electron chi connectivity index (χ4n) is 2.17. The van der Waals surface area contributed by atoms with E-state index in [-0.39, 0.29) is 17.8 Å². The smallest absolute Gasteiger partial charge is 0.128 e. The molecule has 2 rings (SSSR count). The summed E-state index contributed by atoms with van der Waals surface area (Å²) in [6, 6.07) is 6.60. The van der Waals surface area contributed by atoms with Crippen LogP contribution >= 0.6 is 0 Å². The predicted octanol–water partition coefficient (Wildman–Crippen LogP) is 2.26. The van der Waals surface area contributed by atoms with Crippen molar-refractivity contribution in [2.24, 2.45) is 0 Å². The van der Waals surface area contributed by atoms with Gasteiger partial charge in [-0.05, 0) is 6.07 Å². The predicted molar refractivity (Wildman–Crippen MR) is 70.1 cm³/mol. The minimum atomic E-state index is -0.261. The van der Waals surface area contributed by atoms with Crippen LogP contribution in [0.5, 0.6) is 0 Å². The number of hydrogen-bond acceptors (Lipinski definition) is 3. The van der Waals surface area contributed by atoms with Gasteiger partial charge < -0.3 is 5.11 Å². The van der Waals surface area contributed by atoms with Crippen molar-refractivity contribution in [3.8, 4) is 0 Å². The molecular weight excluding hydrogens is 245 g/mol. The van der Waals surface area contributed by atoms with Crippen molar-refractivity contribution >= 4 is 0 Å². The number of benzene rings is 1. The molecule has 1 aromatic carbocycles. The highest BCUT2D eigenvalue weighted by Crippen LogP contribution is 2.25. The van der Waals surface area contributed by atoms with Gasteiger partial charge in [0.05, 0.1) is 18.8 Å². The molecule has 0 aliphatic rings. The van der Waals surface area contributed by atoms with Gasteiger partial charge in [0, 0.05) is 11.0 Å². The van der Waals surface area contributed by atoms with Crippen molar-refractivity contribution in [1.29, 1.82) is 0 Å². The third-order valence-electron chi connectivity index (χ3n) is 2.94. The standard InChI is InChI=1S/C14H18FN3O/c1-14(2,3)13-12(9-19)16-17-18(13)8-10-6-4-5-7-11(10)15/h4-7,19H,8-9H2,1-3H3. The Morgan fingerprint density at radius 2 is 1.95 bits per heavy atom. The molecule has 0 aliphatic carbocycles. The molecule has 0 bridgehead atoms. The maximum Gasteiger partial charge on any atom is 0.128 e. The monoisotopic (exact) mass is 263 g/mol. The Hall–Kier alpha value is -1.75. The van der Waals surface area contributed by atoms with Crippen LogP contribution in [0.3, 0.4) is 0 Å². The number of aliphatic hydroxyl groups excluding tert-OH is 1. The van der Waals surface area contributed by atoms with Crippen LogP contribution < -0.4 is 0 Å². The molecule has 0 amide bonds. The Morgan fingerprint density at radius 3 is 2.53 bits per heavy atom. The summed E-state index contributed by atoms with van der Waals surface area (Å²) in [7, 11) is 0. The van der Waals surface area contributed by atoms with Crippen molar-refractivity contribution in [3.63, 3.8) is 0 Å². The molecule has 1 heterocycles. The molecule has 0 radical (unpaired) electrons. The van der Waals surface area contributed by atoms with E-state index in [2.05, 4.69) is 10.3 Å². The van der Waals surface area contributed by atoms with Gasteiger partial charge in [-0.1, -0.05) is 44.2 Å². The lowest BCUT2D eigenvalue weighted by Gasteiger charge is -2.21. The Labute approximate surface area is 111 Å². The number of nitrogens with zero attached hydrogens (tertiary/aromatic N) is 3. The van der Waals surface area contributed by atoms with Gasteiger partial charge in [-0.2, -0.15) is 0 Å². The van der Waals surface area contributed by atoms with E-state index in [1.807, 2.05) is 20.8 Å². The van der Waals surface area contributed by atoms with Crippen molar-refractivity contribution in [2.75, 3.05) is 0 Å². The van der Waals surface area contributed by atoms with Gasteiger partial charge in [0.25, 0.3) is 0 Å². The minimum Gasteiger partial charge on any atom is -0.390 e. The second-order valence-electron chi connectivity index (χ2n) is 5.54. The van der Waals surface area contributed by atoms with Crippen LogP contribution in [0.15, 0.2) is 24.3 Å². The Kier molecular flexibility index (Phi) is 3.66. The summed E-state index contributed by atoms with van der Waals surface area (Å²) in [5, 5.41) is 17.3. The third kappa shape index (κ3) is 2.81. The fraction of sp³-hybridized carbons (Fsp3) is 0.429. The van der Waals surface area contributed by atoms with E-state index in [1.165, 1.54) is 6.07 Å². The molecule has 0 aliphatic heterocycles. The van der Waals surface area contributed by atoms with E-state index in [1.54, 1.807) is 22.9 Å². The SMILES string of the molecule is CC(C)(C)c1c(CO)nnn1Cc1ccccc1F. The molecular formula is C14H18FN3O. The van der Waals surface area contributed by atoms with Gasteiger partial charge in [0.2, 0.25) is 0 Å². The second kappa shape index (κ2) is 5.09. The molecule has 0 saturated carbocycles. The van der Waals surface area contributed by atoms with Gasteiger partial charge in [-0.3, -0.25) is 0 Å². The molecule has 0 fully saturated rings. The van der Waals surface area contributed by atoms with Crippen LogP contribution in [0.2, 0.25) is 0 Å². The van der Waals surface area contributed by atoms with Crippen molar-refractivity contribution in [3.05, 3.63) is 47.0 Å². The number of rotatable bonds is 3. The molecule has 1 aromatic heterocycles. The summed E-state index contributed by atoms with van der Waals surface area (Å²) in [6.07, 6.45) is 0. The summed E-state index contributed by atoms with van der Waals surface area (Å²) >= 11 is 0. The van der Waals surface area contributed by atoms with Crippen LogP contribution in [0.25, 0.3) is 0 Å². The largest absolute Gasteiger partial charge is 0.390 e. The van der Waals surface area contributed by atoms with Crippen molar-refractivity contribution < 1.29 is 9.50 Å². The maximum atomic E-state index is 13.7. The summed E-state index contributed by atoms with van der Waals surface area (Å²) in [5.74, 6) is -0.261. The molecule has 1 N–H and O–H groups in total. The number of halogens is 1. The molecule has 0 saturated heterocycles. The molecule has 2 aromatic rings. The van der Waals surface area contributed by atoms with Crippen molar-refractivity contribution in [2.45, 2.75) is 39.3 Å². The summed E-state index contributed by atoms with van der Waals surface area (Å²) < 4.78 is 15.3. The Bertz CT molecular complexity index is 572. The first kappa shape index (κ1) is 13.7. The van der Waals surface area contributed by atoms with Crippen LogP contribution in [0.1, 0.15) is 37.7 Å². The van der Waals surface area contributed by atoms with Gasteiger partial charge >= 0.3 is 0 Å². The van der Waals surface area contributed by atoms with Crippen LogP contribution in [-0.4, -0.2) is 20.1 Å². The molecule has 0 atom stereocenters. The van der Waals surface area contributed by atoms with E-state index in [0.29, 0.717) is 17.8 Å². The number of hydrogen-bond donors (Lipinski definition) is 1. The Balaban J connectivity index is 2.42. The molecule has 0 unspecified atom stereocenters. The first-order valence-corrected chi connectivity index (χ1v) is 6.20. The summed E-state index contributed by atoms with van der Waals surface area (Å²) in [5.41, 5.74) is 1.72. The molecule has 102 valence electrons. The molecule has 4 nitrogen and oxygen atoms in total. The molecule has 5 heteroatoms. The van der Waals surface area contributed by atoms with E-state index < -0.39 is 0 Å². The maximum absolute atomic E-state index is 13.7. The lowest BCUT2D eigenvalue weighted by Crippen LogP contribution is -2.21. The van der Waals surface area contributed by atoms with Gasteiger partial charge in [-0.15, -0.1) is 5.10 Å². The van der Waals surface area contributed by atoms with Gasteiger partial charge in [-0.25, -0.2) is 9.07 Å². The minimum absolute atomic E-state index is 0.163. The first-order valence-electron chi connectivity index (χ1n) is 6.20. The van der Waals surface area contributed by atoms with E-state index in [9.17, 15) is 9.50 Å². The zero-order valence-electron chi connectivity index (χ0n) is 11.4. The van der Waals surface area contributed by atoms with E-state index >= 15 is 0 Å². The highest BCUT2D eigenvalue weighted by Gasteiger charge is 2.25. The molecule has 19 heavy (non-hydrogen) atoms. The summed E-state index contributed by atoms with van der Waals surface area (Å²) in [6.45, 7) is 6.20. The first-order chi connectivity index (χ1) is 8.93. The van der Waals surface area contributed by atoms with E-state index in [0.717, 1.165) is 5.69 Å². The zero-order chi connectivity index (χ0) is 14.0. The lowest BCUT2D eigenvalue weighted by molar-refractivity contribution is 0.273. The zero-order valence-corrected chi connectivity index (χ0v) is 11.4. The normalized spacial score (nSPS) is 11.8. The highest BCUT2D eigenvalue weighted by molar-refractivity contribution is 5.22. The average molecular weight is 263 g/mol. The highest BCUT2D eigenvalue weighted by atomic mass is 19.1. The number of aliphatic hydroxyl groups is 1. The van der Waals surface area contributed by atoms with Crippen molar-refractivity contribution in [1.82, 2.24) is 15.0 Å². The Morgan fingerprint density at radius 1 is 1.26 bits per heavy atom. The van der Waals surface area contributed by atoms with Gasteiger partial charge in [0.15, 0.2) is 0 Å². The van der Waals surface area contributed by atoms with Crippen LogP contribution in [0, 0.1) is 5.82 Å². The van der Waals surface area contributed by atoms with Crippen LogP contribution in [0.4, 0.5) is 4.39 Å². The van der Waals surface area contributed by atoms with Gasteiger partial charge in [0.1, 0.15) is 11.5 Å². The molecule has 0 spiro atoms. The topological polar surface area (TPSA) is 50.9 Å². The lowest BCUT2D eigenvalue weighted by atomic mass is 9.90. The summed E-state index contributed by atoms with van der Waals surface area (Å²) in [4.78, 5) is 0. The quantitative estimate of drug-likeness (QED) is 0.924. The number of aromatic nitrogens is 3. The van der Waals surface area contributed by atoms with E-state index in [4.69, 9.17) is 0 Å².